The number of carboxylic acid groups (broad SMARTS) is 1. The number of ether oxygens (including phenoxy) is 1. The van der Waals surface area contributed by atoms with Gasteiger partial charge in [-0.25, -0.2) is 0 Å². The van der Waals surface area contributed by atoms with Crippen LogP contribution < -0.4 is 15.6 Å². The molecule has 37 heavy (non-hydrogen) atoms. The van der Waals surface area contributed by atoms with Crippen molar-refractivity contribution < 1.29 is 37.7 Å². The predicted molar refractivity (Wildman–Crippen MR) is 123 cm³/mol. The van der Waals surface area contributed by atoms with E-state index in [0.717, 1.165) is 12.1 Å². The fourth-order valence-electron chi connectivity index (χ4n) is 4.31. The normalized spacial score (nSPS) is 14.8. The molecule has 1 atom stereocenters. The van der Waals surface area contributed by atoms with Crippen molar-refractivity contribution in [1.29, 1.82) is 0 Å². The molecule has 3 heterocycles. The van der Waals surface area contributed by atoms with Crippen LogP contribution in [0.1, 0.15) is 27.5 Å². The van der Waals surface area contributed by atoms with Gasteiger partial charge in [0.25, 0.3) is 11.5 Å². The lowest BCUT2D eigenvalue weighted by atomic mass is 9.99. The van der Waals surface area contributed by atoms with Crippen LogP contribution in [0.2, 0.25) is 0 Å². The van der Waals surface area contributed by atoms with E-state index in [-0.39, 0.29) is 23.3 Å². The van der Waals surface area contributed by atoms with Gasteiger partial charge in [0, 0.05) is 17.1 Å². The molecule has 0 radical (unpaired) electrons. The summed E-state index contributed by atoms with van der Waals surface area (Å²) in [5.74, 6) is -3.00. The molecule has 4 aromatic rings. The third kappa shape index (κ3) is 4.13. The van der Waals surface area contributed by atoms with E-state index in [1.807, 2.05) is 0 Å². The van der Waals surface area contributed by atoms with Crippen LogP contribution in [-0.4, -0.2) is 50.0 Å². The van der Waals surface area contributed by atoms with Gasteiger partial charge in [-0.05, 0) is 35.9 Å². The number of H-pyrrole nitrogens is 1. The molecule has 1 unspecified atom stereocenters. The zero-order chi connectivity index (χ0) is 26.5. The third-order valence-electron chi connectivity index (χ3n) is 6.01. The number of carbonyl (C=O) groups is 2. The number of aliphatic carboxylic acids is 1. The summed E-state index contributed by atoms with van der Waals surface area (Å²) >= 11 is 0. The van der Waals surface area contributed by atoms with Crippen LogP contribution in [0, 0.1) is 0 Å². The van der Waals surface area contributed by atoms with E-state index in [1.54, 1.807) is 12.1 Å². The number of carboxylic acids is 1. The molecule has 1 aliphatic heterocycles. The molecule has 4 N–H and O–H groups in total. The summed E-state index contributed by atoms with van der Waals surface area (Å²) < 4.78 is 46.3. The molecule has 5 rings (SSSR count). The summed E-state index contributed by atoms with van der Waals surface area (Å²) in [5.41, 5.74) is -1.09. The minimum absolute atomic E-state index is 0.0405. The Balaban J connectivity index is 1.75. The molecule has 0 aliphatic carbocycles. The Bertz CT molecular complexity index is 1590. The second kappa shape index (κ2) is 8.69. The summed E-state index contributed by atoms with van der Waals surface area (Å²) in [7, 11) is 0. The number of rotatable bonds is 5. The van der Waals surface area contributed by atoms with Gasteiger partial charge in [-0.2, -0.15) is 18.3 Å². The van der Waals surface area contributed by atoms with Gasteiger partial charge in [-0.15, -0.1) is 0 Å². The fourth-order valence-corrected chi connectivity index (χ4v) is 4.31. The average Bonchev–Trinajstić information content (AvgIpc) is 3.40. The van der Waals surface area contributed by atoms with Gasteiger partial charge in [0.1, 0.15) is 30.2 Å². The second-order valence-corrected chi connectivity index (χ2v) is 8.26. The molecule has 190 valence electrons. The molecule has 0 bridgehead atoms. The Morgan fingerprint density at radius 2 is 1.92 bits per heavy atom. The topological polar surface area (TPSA) is 147 Å². The minimum atomic E-state index is -4.56. The van der Waals surface area contributed by atoms with Crippen molar-refractivity contribution in [3.8, 4) is 22.8 Å². The molecule has 0 spiro atoms. The van der Waals surface area contributed by atoms with E-state index >= 15 is 0 Å². The Morgan fingerprint density at radius 3 is 2.54 bits per heavy atom. The summed E-state index contributed by atoms with van der Waals surface area (Å²) in [5, 5.41) is 28.7. The molecular formula is C24H17F3N4O6. The number of carbonyl (C=O) groups excluding carboxylic acids is 1. The molecule has 2 aromatic carbocycles. The van der Waals surface area contributed by atoms with Crippen LogP contribution in [0.15, 0.2) is 53.5 Å². The number of aromatic hydroxyl groups is 1. The van der Waals surface area contributed by atoms with E-state index in [4.69, 9.17) is 9.84 Å². The molecular weight excluding hydrogens is 497 g/mol. The molecule has 13 heteroatoms. The zero-order valence-electron chi connectivity index (χ0n) is 18.7. The van der Waals surface area contributed by atoms with E-state index in [2.05, 4.69) is 15.5 Å². The van der Waals surface area contributed by atoms with Gasteiger partial charge in [0.15, 0.2) is 0 Å². The van der Waals surface area contributed by atoms with Crippen molar-refractivity contribution in [3.05, 3.63) is 75.7 Å². The molecule has 1 aliphatic rings. The smallest absolute Gasteiger partial charge is 0.416 e. The highest BCUT2D eigenvalue weighted by Gasteiger charge is 2.34. The van der Waals surface area contributed by atoms with Gasteiger partial charge < -0.3 is 20.3 Å². The molecule has 0 saturated heterocycles. The average molecular weight is 514 g/mol. The first kappa shape index (κ1) is 23.9. The van der Waals surface area contributed by atoms with Crippen molar-refractivity contribution in [1.82, 2.24) is 20.1 Å². The number of halogens is 3. The van der Waals surface area contributed by atoms with Crippen LogP contribution in [0.4, 0.5) is 13.2 Å². The first-order valence-corrected chi connectivity index (χ1v) is 10.8. The van der Waals surface area contributed by atoms with Gasteiger partial charge in [-0.1, -0.05) is 12.1 Å². The maximum Gasteiger partial charge on any atom is 0.416 e. The zero-order valence-corrected chi connectivity index (χ0v) is 18.7. The number of nitrogens with zero attached hydrogens (tertiary/aromatic N) is 2. The largest absolute Gasteiger partial charge is 0.506 e. The number of aromatic amines is 1. The monoisotopic (exact) mass is 514 g/mol. The number of alkyl halides is 3. The van der Waals surface area contributed by atoms with E-state index < -0.39 is 53.1 Å². The van der Waals surface area contributed by atoms with Gasteiger partial charge >= 0.3 is 12.1 Å². The Kier molecular flexibility index (Phi) is 5.62. The van der Waals surface area contributed by atoms with Gasteiger partial charge in [0.2, 0.25) is 0 Å². The van der Waals surface area contributed by atoms with E-state index in [9.17, 15) is 32.7 Å². The Hall–Kier alpha value is -4.81. The summed E-state index contributed by atoms with van der Waals surface area (Å²) in [6.45, 7) is -0.971. The maximum atomic E-state index is 13.6. The lowest BCUT2D eigenvalue weighted by Crippen LogP contribution is -2.39. The number of nitrogens with one attached hydrogen (secondary N) is 2. The molecule has 1 amide bonds. The molecule has 10 nitrogen and oxygen atoms in total. The van der Waals surface area contributed by atoms with Crippen LogP contribution in [0.5, 0.6) is 11.5 Å². The number of hydrogen-bond donors (Lipinski definition) is 4. The van der Waals surface area contributed by atoms with Crippen molar-refractivity contribution >= 4 is 22.8 Å². The minimum Gasteiger partial charge on any atom is -0.506 e. The Morgan fingerprint density at radius 1 is 1.19 bits per heavy atom. The molecule has 2 aromatic heterocycles. The van der Waals surface area contributed by atoms with Gasteiger partial charge in [-0.3, -0.25) is 24.0 Å². The Labute approximate surface area is 204 Å². The van der Waals surface area contributed by atoms with Crippen molar-refractivity contribution in [2.45, 2.75) is 12.2 Å². The van der Waals surface area contributed by atoms with Crippen LogP contribution >= 0.6 is 0 Å². The second-order valence-electron chi connectivity index (χ2n) is 8.26. The SMILES string of the molecule is O=C(O)CNC(=O)c1c(O)c2cc(-c3ccn[nH]3)cc3c2n(c1=O)C(c1ccc(C(F)(F)F)cc1)CO3. The molecule has 0 saturated carbocycles. The molecule has 0 fully saturated rings. The van der Waals surface area contributed by atoms with Gasteiger partial charge in [0.05, 0.1) is 22.8 Å². The van der Waals surface area contributed by atoms with Crippen LogP contribution in [0.3, 0.4) is 0 Å². The predicted octanol–water partition coefficient (Wildman–Crippen LogP) is 2.91. The highest BCUT2D eigenvalue weighted by atomic mass is 19.4. The first-order valence-electron chi connectivity index (χ1n) is 10.8. The fraction of sp³-hybridized carbons (Fsp3) is 0.167. The lowest BCUT2D eigenvalue weighted by molar-refractivity contribution is -0.138. The first-order chi connectivity index (χ1) is 17.6. The van der Waals surface area contributed by atoms with Crippen LogP contribution in [0.25, 0.3) is 22.2 Å². The lowest BCUT2D eigenvalue weighted by Gasteiger charge is -2.30. The van der Waals surface area contributed by atoms with Crippen LogP contribution in [-0.2, 0) is 11.0 Å². The maximum absolute atomic E-state index is 13.6. The quantitative estimate of drug-likeness (QED) is 0.320. The van der Waals surface area contributed by atoms with E-state index in [1.165, 1.54) is 29.0 Å². The summed E-state index contributed by atoms with van der Waals surface area (Å²) in [6.07, 6.45) is -3.06. The number of aromatic nitrogens is 3. The number of amides is 1. The number of hydrogen-bond acceptors (Lipinski definition) is 6. The number of pyridine rings is 1. The van der Waals surface area contributed by atoms with Crippen molar-refractivity contribution in [2.75, 3.05) is 13.2 Å². The van der Waals surface area contributed by atoms with E-state index in [0.29, 0.717) is 16.8 Å². The standard InChI is InChI=1S/C24H17F3N4O6/c25-24(26,27)13-3-1-11(2-4-13)16-10-37-17-8-12(15-5-6-29-30-15)7-14-20(17)31(16)23(36)19(21(14)34)22(35)28-9-18(32)33/h1-8,16,34H,9-10H2,(H,28,35)(H,29,30)(H,32,33). The third-order valence-corrected chi connectivity index (χ3v) is 6.01. The highest BCUT2D eigenvalue weighted by molar-refractivity contribution is 6.05. The van der Waals surface area contributed by atoms with Crippen molar-refractivity contribution in [3.63, 3.8) is 0 Å². The highest BCUT2D eigenvalue weighted by Crippen LogP contribution is 2.41. The summed E-state index contributed by atoms with van der Waals surface area (Å²) in [6, 6.07) is 7.93. The summed E-state index contributed by atoms with van der Waals surface area (Å²) in [4.78, 5) is 37.3. The van der Waals surface area contributed by atoms with Crippen molar-refractivity contribution in [2.24, 2.45) is 0 Å². The number of benzene rings is 2.